The van der Waals surface area contributed by atoms with Gasteiger partial charge in [-0.05, 0) is 47.9 Å². The van der Waals surface area contributed by atoms with Crippen LogP contribution in [0, 0.1) is 0 Å². The summed E-state index contributed by atoms with van der Waals surface area (Å²) in [5.41, 5.74) is 2.97. The van der Waals surface area contributed by atoms with Crippen LogP contribution in [-0.4, -0.2) is 17.0 Å². The molecule has 1 N–H and O–H groups in total. The standard InChI is InChI=1S/C30H22F3NO4/c1-2-25(19-10-14-20(15-11-19)30(31,32)33)34(28(35)29(36)37)21-16-12-18(13-17-21)22-7-5-8-24-23-6-3-4-9-26(23)38-27(22)24/h3-17,25H,2H2,1H3,(H,36,37). The number of hydrogen-bond donors (Lipinski definition) is 1. The van der Waals surface area contributed by atoms with E-state index >= 15 is 0 Å². The summed E-state index contributed by atoms with van der Waals surface area (Å²) < 4.78 is 45.3. The Morgan fingerprint density at radius 3 is 2.16 bits per heavy atom. The molecule has 5 rings (SSSR count). The molecule has 8 heteroatoms. The topological polar surface area (TPSA) is 70.8 Å². The number of carbonyl (C=O) groups excluding carboxylic acids is 1. The highest BCUT2D eigenvalue weighted by molar-refractivity contribution is 6.37. The van der Waals surface area contributed by atoms with Crippen LogP contribution in [-0.2, 0) is 15.8 Å². The van der Waals surface area contributed by atoms with E-state index in [0.717, 1.165) is 44.5 Å². The number of para-hydroxylation sites is 2. The maximum atomic E-state index is 13.0. The minimum atomic E-state index is -4.50. The number of carboxylic acid groups (broad SMARTS) is 1. The van der Waals surface area contributed by atoms with Crippen LogP contribution in [0.5, 0.6) is 0 Å². The molecule has 0 spiro atoms. The molecule has 1 unspecified atom stereocenters. The number of alkyl halides is 3. The van der Waals surface area contributed by atoms with Crippen molar-refractivity contribution in [1.29, 1.82) is 0 Å². The van der Waals surface area contributed by atoms with Crippen molar-refractivity contribution in [3.63, 3.8) is 0 Å². The van der Waals surface area contributed by atoms with Crippen LogP contribution in [0.25, 0.3) is 33.1 Å². The van der Waals surface area contributed by atoms with E-state index in [0.29, 0.717) is 16.8 Å². The summed E-state index contributed by atoms with van der Waals surface area (Å²) in [4.78, 5) is 25.6. The highest BCUT2D eigenvalue weighted by Crippen LogP contribution is 2.38. The lowest BCUT2D eigenvalue weighted by Gasteiger charge is -2.30. The SMILES string of the molecule is CCC(c1ccc(C(F)(F)F)cc1)N(C(=O)C(=O)O)c1ccc(-c2cccc3c2oc2ccccc23)cc1. The van der Waals surface area contributed by atoms with E-state index in [-0.39, 0.29) is 6.42 Å². The molecule has 5 aromatic rings. The monoisotopic (exact) mass is 517 g/mol. The Balaban J connectivity index is 1.54. The highest BCUT2D eigenvalue weighted by Gasteiger charge is 2.33. The number of aliphatic carboxylic acids is 1. The molecule has 1 amide bonds. The summed E-state index contributed by atoms with van der Waals surface area (Å²) in [6.07, 6.45) is -4.22. The van der Waals surface area contributed by atoms with Gasteiger partial charge in [-0.1, -0.05) is 67.6 Å². The summed E-state index contributed by atoms with van der Waals surface area (Å²) in [6, 6.07) is 23.9. The number of benzene rings is 4. The van der Waals surface area contributed by atoms with Gasteiger partial charge in [0.05, 0.1) is 11.6 Å². The average Bonchev–Trinajstić information content (AvgIpc) is 3.30. The van der Waals surface area contributed by atoms with Crippen molar-refractivity contribution in [2.75, 3.05) is 4.90 Å². The molecule has 0 aliphatic rings. The van der Waals surface area contributed by atoms with Gasteiger partial charge in [0.1, 0.15) is 11.2 Å². The quantitative estimate of drug-likeness (QED) is 0.241. The number of rotatable bonds is 5. The third kappa shape index (κ3) is 4.49. The van der Waals surface area contributed by atoms with E-state index in [2.05, 4.69) is 0 Å². The van der Waals surface area contributed by atoms with E-state index in [9.17, 15) is 27.9 Å². The molecule has 0 saturated carbocycles. The van der Waals surface area contributed by atoms with E-state index in [1.54, 1.807) is 31.2 Å². The Morgan fingerprint density at radius 2 is 1.53 bits per heavy atom. The Kier molecular flexibility index (Phi) is 6.40. The number of hydrogen-bond acceptors (Lipinski definition) is 3. The van der Waals surface area contributed by atoms with Gasteiger partial charge < -0.3 is 9.52 Å². The Hall–Kier alpha value is -4.59. The van der Waals surface area contributed by atoms with Crippen LogP contribution in [0.1, 0.15) is 30.5 Å². The first-order chi connectivity index (χ1) is 18.2. The molecule has 0 radical (unpaired) electrons. The molecular weight excluding hydrogens is 495 g/mol. The molecule has 0 aliphatic heterocycles. The molecule has 192 valence electrons. The number of anilines is 1. The highest BCUT2D eigenvalue weighted by atomic mass is 19.4. The van der Waals surface area contributed by atoms with Gasteiger partial charge in [-0.25, -0.2) is 4.79 Å². The molecule has 1 heterocycles. The number of furan rings is 1. The van der Waals surface area contributed by atoms with Crippen LogP contribution in [0.2, 0.25) is 0 Å². The van der Waals surface area contributed by atoms with Crippen LogP contribution in [0.4, 0.5) is 18.9 Å². The molecular formula is C30H22F3NO4. The van der Waals surface area contributed by atoms with Crippen molar-refractivity contribution in [3.05, 3.63) is 102 Å². The molecule has 0 bridgehead atoms. The molecule has 4 aromatic carbocycles. The van der Waals surface area contributed by atoms with Gasteiger partial charge in [-0.15, -0.1) is 0 Å². The van der Waals surface area contributed by atoms with Gasteiger partial charge in [-0.3, -0.25) is 9.69 Å². The molecule has 1 aromatic heterocycles. The Bertz CT molecular complexity index is 1640. The van der Waals surface area contributed by atoms with Gasteiger partial charge in [0.25, 0.3) is 0 Å². The van der Waals surface area contributed by atoms with Gasteiger partial charge in [0.2, 0.25) is 0 Å². The van der Waals surface area contributed by atoms with Crippen molar-refractivity contribution in [1.82, 2.24) is 0 Å². The second-order valence-corrected chi connectivity index (χ2v) is 8.85. The van der Waals surface area contributed by atoms with Gasteiger partial charge >= 0.3 is 18.1 Å². The van der Waals surface area contributed by atoms with Crippen LogP contribution >= 0.6 is 0 Å². The predicted molar refractivity (Wildman–Crippen MR) is 139 cm³/mol. The fraction of sp³-hybridized carbons (Fsp3) is 0.133. The zero-order valence-electron chi connectivity index (χ0n) is 20.2. The summed E-state index contributed by atoms with van der Waals surface area (Å²) >= 11 is 0. The van der Waals surface area contributed by atoms with Crippen molar-refractivity contribution in [2.24, 2.45) is 0 Å². The van der Waals surface area contributed by atoms with Crippen molar-refractivity contribution in [3.8, 4) is 11.1 Å². The summed E-state index contributed by atoms with van der Waals surface area (Å²) in [5.74, 6) is -2.84. The van der Waals surface area contributed by atoms with Crippen LogP contribution in [0.15, 0.2) is 95.4 Å². The van der Waals surface area contributed by atoms with Crippen molar-refractivity contribution >= 4 is 39.5 Å². The first kappa shape index (κ1) is 25.1. The van der Waals surface area contributed by atoms with Crippen molar-refractivity contribution in [2.45, 2.75) is 25.6 Å². The van der Waals surface area contributed by atoms with E-state index in [1.807, 2.05) is 42.5 Å². The average molecular weight is 518 g/mol. The molecule has 5 nitrogen and oxygen atoms in total. The van der Waals surface area contributed by atoms with E-state index in [1.165, 1.54) is 12.1 Å². The van der Waals surface area contributed by atoms with Crippen molar-refractivity contribution < 1.29 is 32.3 Å². The third-order valence-corrected chi connectivity index (χ3v) is 6.58. The lowest BCUT2D eigenvalue weighted by molar-refractivity contribution is -0.149. The first-order valence-electron chi connectivity index (χ1n) is 11.9. The third-order valence-electron chi connectivity index (χ3n) is 6.58. The molecule has 0 saturated heterocycles. The van der Waals surface area contributed by atoms with E-state index < -0.39 is 29.7 Å². The second kappa shape index (κ2) is 9.70. The number of carbonyl (C=O) groups is 2. The Labute approximate surface area is 215 Å². The lowest BCUT2D eigenvalue weighted by atomic mass is 9.98. The number of fused-ring (bicyclic) bond motifs is 3. The zero-order chi connectivity index (χ0) is 27.0. The first-order valence-corrected chi connectivity index (χ1v) is 11.9. The Morgan fingerprint density at radius 1 is 0.868 bits per heavy atom. The molecule has 0 fully saturated rings. The van der Waals surface area contributed by atoms with E-state index in [4.69, 9.17) is 4.42 Å². The molecule has 0 aliphatic carbocycles. The lowest BCUT2D eigenvalue weighted by Crippen LogP contribution is -2.39. The predicted octanol–water partition coefficient (Wildman–Crippen LogP) is 7.84. The number of halogens is 3. The number of amides is 1. The fourth-order valence-electron chi connectivity index (χ4n) is 4.78. The van der Waals surface area contributed by atoms with Gasteiger partial charge in [-0.2, -0.15) is 13.2 Å². The maximum Gasteiger partial charge on any atom is 0.416 e. The normalized spacial score (nSPS) is 12.5. The number of carboxylic acids is 1. The molecule has 1 atom stereocenters. The zero-order valence-corrected chi connectivity index (χ0v) is 20.2. The maximum absolute atomic E-state index is 13.0. The minimum Gasteiger partial charge on any atom is -0.474 e. The number of nitrogens with zero attached hydrogens (tertiary/aromatic N) is 1. The van der Waals surface area contributed by atoms with Gasteiger partial charge in [0.15, 0.2) is 0 Å². The fourth-order valence-corrected chi connectivity index (χ4v) is 4.78. The largest absolute Gasteiger partial charge is 0.474 e. The summed E-state index contributed by atoms with van der Waals surface area (Å²) in [7, 11) is 0. The molecule has 38 heavy (non-hydrogen) atoms. The minimum absolute atomic E-state index is 0.282. The smallest absolute Gasteiger partial charge is 0.416 e. The van der Waals surface area contributed by atoms with Gasteiger partial charge in [0, 0.05) is 22.0 Å². The van der Waals surface area contributed by atoms with Crippen LogP contribution in [0.3, 0.4) is 0 Å². The second-order valence-electron chi connectivity index (χ2n) is 8.85. The van der Waals surface area contributed by atoms with Crippen LogP contribution < -0.4 is 4.90 Å². The summed E-state index contributed by atoms with van der Waals surface area (Å²) in [6.45, 7) is 1.74. The summed E-state index contributed by atoms with van der Waals surface area (Å²) in [5, 5.41) is 11.5.